The van der Waals surface area contributed by atoms with Crippen LogP contribution in [0.25, 0.3) is 0 Å². The van der Waals surface area contributed by atoms with E-state index in [0.717, 1.165) is 11.1 Å². The molecule has 2 aliphatic heterocycles. The maximum Gasteiger partial charge on any atom is 0.305 e. The molecular formula is C18H15NO5. The van der Waals surface area contributed by atoms with Gasteiger partial charge in [-0.1, -0.05) is 24.3 Å². The molecule has 24 heavy (non-hydrogen) atoms. The lowest BCUT2D eigenvalue weighted by Gasteiger charge is -2.27. The molecule has 6 nitrogen and oxygen atoms in total. The summed E-state index contributed by atoms with van der Waals surface area (Å²) in [4.78, 5) is 25.7. The van der Waals surface area contributed by atoms with Crippen LogP contribution in [0.5, 0.6) is 11.5 Å². The van der Waals surface area contributed by atoms with Crippen LogP contribution in [0, 0.1) is 0 Å². The van der Waals surface area contributed by atoms with Crippen LogP contribution in [-0.2, 0) is 11.3 Å². The average Bonchev–Trinajstić information content (AvgIpc) is 3.17. The summed E-state index contributed by atoms with van der Waals surface area (Å²) in [5.74, 6) is 0.104. The van der Waals surface area contributed by atoms with Crippen LogP contribution >= 0.6 is 0 Å². The zero-order chi connectivity index (χ0) is 16.7. The van der Waals surface area contributed by atoms with Crippen molar-refractivity contribution in [2.24, 2.45) is 0 Å². The van der Waals surface area contributed by atoms with Crippen LogP contribution in [0.4, 0.5) is 0 Å². The summed E-state index contributed by atoms with van der Waals surface area (Å²) in [6.07, 6.45) is -0.167. The third-order valence-corrected chi connectivity index (χ3v) is 4.37. The zero-order valence-corrected chi connectivity index (χ0v) is 12.8. The van der Waals surface area contributed by atoms with Gasteiger partial charge in [-0.15, -0.1) is 0 Å². The molecule has 6 heteroatoms. The Morgan fingerprint density at radius 2 is 1.96 bits per heavy atom. The van der Waals surface area contributed by atoms with Crippen LogP contribution in [0.2, 0.25) is 0 Å². The van der Waals surface area contributed by atoms with Gasteiger partial charge >= 0.3 is 5.97 Å². The van der Waals surface area contributed by atoms with Gasteiger partial charge < -0.3 is 19.5 Å². The van der Waals surface area contributed by atoms with E-state index in [9.17, 15) is 14.7 Å². The van der Waals surface area contributed by atoms with Crippen LogP contribution in [0.3, 0.4) is 0 Å². The fourth-order valence-corrected chi connectivity index (χ4v) is 3.22. The summed E-state index contributed by atoms with van der Waals surface area (Å²) in [5, 5.41) is 9.31. The number of ether oxygens (including phenoxy) is 2. The first-order valence-corrected chi connectivity index (χ1v) is 7.63. The van der Waals surface area contributed by atoms with Crippen molar-refractivity contribution >= 4 is 11.9 Å². The molecule has 0 fully saturated rings. The second-order valence-corrected chi connectivity index (χ2v) is 5.82. The normalized spacial score (nSPS) is 16.2. The number of nitrogens with zero attached hydrogens (tertiary/aromatic N) is 1. The topological polar surface area (TPSA) is 76.1 Å². The van der Waals surface area contributed by atoms with Crippen molar-refractivity contribution in [1.29, 1.82) is 0 Å². The Morgan fingerprint density at radius 1 is 1.17 bits per heavy atom. The van der Waals surface area contributed by atoms with E-state index in [1.54, 1.807) is 29.2 Å². The van der Waals surface area contributed by atoms with Gasteiger partial charge in [0.25, 0.3) is 5.91 Å². The van der Waals surface area contributed by atoms with Gasteiger partial charge in [-0.25, -0.2) is 0 Å². The average molecular weight is 325 g/mol. The lowest BCUT2D eigenvalue weighted by atomic mass is 10.0. The van der Waals surface area contributed by atoms with Crippen molar-refractivity contribution in [1.82, 2.24) is 4.90 Å². The van der Waals surface area contributed by atoms with Crippen molar-refractivity contribution < 1.29 is 24.2 Å². The van der Waals surface area contributed by atoms with Crippen LogP contribution < -0.4 is 9.47 Å². The van der Waals surface area contributed by atoms with Gasteiger partial charge in [0, 0.05) is 12.1 Å². The van der Waals surface area contributed by atoms with Crippen LogP contribution in [0.1, 0.15) is 33.9 Å². The minimum atomic E-state index is -0.957. The Labute approximate surface area is 138 Å². The highest BCUT2D eigenvalue weighted by atomic mass is 16.7. The van der Waals surface area contributed by atoms with Gasteiger partial charge in [0.15, 0.2) is 11.5 Å². The maximum atomic E-state index is 12.7. The summed E-state index contributed by atoms with van der Waals surface area (Å²) in [6, 6.07) is 12.1. The molecular weight excluding hydrogens is 310 g/mol. The third-order valence-electron chi connectivity index (χ3n) is 4.37. The molecule has 1 N–H and O–H groups in total. The molecule has 0 bridgehead atoms. The fourth-order valence-electron chi connectivity index (χ4n) is 3.22. The molecule has 1 unspecified atom stereocenters. The number of benzene rings is 2. The van der Waals surface area contributed by atoms with Crippen LogP contribution in [0.15, 0.2) is 42.5 Å². The molecule has 0 saturated carbocycles. The smallest absolute Gasteiger partial charge is 0.305 e. The molecule has 0 saturated heterocycles. The molecule has 2 aliphatic rings. The molecule has 0 aromatic heterocycles. The number of amides is 1. The van der Waals surface area contributed by atoms with E-state index < -0.39 is 12.0 Å². The summed E-state index contributed by atoms with van der Waals surface area (Å²) < 4.78 is 10.7. The highest BCUT2D eigenvalue weighted by Gasteiger charge is 2.35. The van der Waals surface area contributed by atoms with Crippen molar-refractivity contribution in [3.63, 3.8) is 0 Å². The Morgan fingerprint density at radius 3 is 2.75 bits per heavy atom. The highest BCUT2D eigenvalue weighted by Crippen LogP contribution is 2.39. The predicted octanol–water partition coefficient (Wildman–Crippen LogP) is 2.59. The second-order valence-electron chi connectivity index (χ2n) is 5.82. The van der Waals surface area contributed by atoms with E-state index in [0.29, 0.717) is 23.6 Å². The van der Waals surface area contributed by atoms with Gasteiger partial charge in [0.05, 0.1) is 12.5 Å². The van der Waals surface area contributed by atoms with E-state index in [2.05, 4.69) is 0 Å². The molecule has 2 aromatic rings. The third kappa shape index (κ3) is 2.36. The minimum Gasteiger partial charge on any atom is -0.481 e. The quantitative estimate of drug-likeness (QED) is 0.935. The number of carboxylic acids is 1. The van der Waals surface area contributed by atoms with E-state index in [1.165, 1.54) is 0 Å². The molecule has 122 valence electrons. The molecule has 0 radical (unpaired) electrons. The van der Waals surface area contributed by atoms with Gasteiger partial charge in [0.1, 0.15) is 0 Å². The Bertz CT molecular complexity index is 832. The maximum absolute atomic E-state index is 12.7. The number of carbonyl (C=O) groups excluding carboxylic acids is 1. The first kappa shape index (κ1) is 14.6. The van der Waals surface area contributed by atoms with Gasteiger partial charge in [-0.3, -0.25) is 9.59 Å². The van der Waals surface area contributed by atoms with Gasteiger partial charge in [0.2, 0.25) is 6.79 Å². The number of hydrogen-bond acceptors (Lipinski definition) is 4. The standard InChI is InChI=1S/C18H15NO5/c20-17(21)8-14(11-5-6-15-16(7-11)24-10-23-15)19-9-12-3-1-2-4-13(12)18(19)22/h1-7,14H,8-10H2,(H,20,21). The van der Waals surface area contributed by atoms with E-state index >= 15 is 0 Å². The Hall–Kier alpha value is -3.02. The molecule has 1 atom stereocenters. The highest BCUT2D eigenvalue weighted by molar-refractivity contribution is 5.98. The summed E-state index contributed by atoms with van der Waals surface area (Å²) in [7, 11) is 0. The van der Waals surface area contributed by atoms with E-state index in [-0.39, 0.29) is 19.1 Å². The number of carbonyl (C=O) groups is 2. The molecule has 2 aromatic carbocycles. The zero-order valence-electron chi connectivity index (χ0n) is 12.8. The summed E-state index contributed by atoms with van der Waals surface area (Å²) in [5.41, 5.74) is 2.27. The summed E-state index contributed by atoms with van der Waals surface area (Å²) >= 11 is 0. The Kier molecular flexibility index (Phi) is 3.37. The van der Waals surface area contributed by atoms with Crippen LogP contribution in [-0.4, -0.2) is 28.7 Å². The number of carboxylic acid groups (broad SMARTS) is 1. The van der Waals surface area contributed by atoms with Crippen molar-refractivity contribution in [3.8, 4) is 11.5 Å². The number of fused-ring (bicyclic) bond motifs is 2. The minimum absolute atomic E-state index is 0.144. The van der Waals surface area contributed by atoms with Crippen molar-refractivity contribution in [3.05, 3.63) is 59.2 Å². The second kappa shape index (κ2) is 5.56. The molecule has 0 aliphatic carbocycles. The summed E-state index contributed by atoms with van der Waals surface area (Å²) in [6.45, 7) is 0.553. The monoisotopic (exact) mass is 325 g/mol. The number of rotatable bonds is 4. The first-order chi connectivity index (χ1) is 11.6. The SMILES string of the molecule is O=C(O)CC(c1ccc2c(c1)OCO2)N1Cc2ccccc2C1=O. The molecule has 1 amide bonds. The lowest BCUT2D eigenvalue weighted by molar-refractivity contribution is -0.138. The molecule has 4 rings (SSSR count). The van der Waals surface area contributed by atoms with Crippen molar-refractivity contribution in [2.75, 3.05) is 6.79 Å². The fraction of sp³-hybridized carbons (Fsp3) is 0.222. The van der Waals surface area contributed by atoms with Gasteiger partial charge in [-0.05, 0) is 29.3 Å². The molecule has 0 spiro atoms. The van der Waals surface area contributed by atoms with E-state index in [1.807, 2.05) is 18.2 Å². The lowest BCUT2D eigenvalue weighted by Crippen LogP contribution is -2.30. The van der Waals surface area contributed by atoms with Crippen molar-refractivity contribution in [2.45, 2.75) is 19.0 Å². The Balaban J connectivity index is 1.71. The first-order valence-electron chi connectivity index (χ1n) is 7.63. The largest absolute Gasteiger partial charge is 0.481 e. The number of aliphatic carboxylic acids is 1. The number of hydrogen-bond donors (Lipinski definition) is 1. The predicted molar refractivity (Wildman–Crippen MR) is 83.9 cm³/mol. The van der Waals surface area contributed by atoms with Gasteiger partial charge in [-0.2, -0.15) is 0 Å². The molecule has 2 heterocycles. The van der Waals surface area contributed by atoms with E-state index in [4.69, 9.17) is 9.47 Å².